The first kappa shape index (κ1) is 13.2. The third kappa shape index (κ3) is 2.55. The van der Waals surface area contributed by atoms with E-state index >= 15 is 0 Å². The second-order valence-electron chi connectivity index (χ2n) is 5.20. The van der Waals surface area contributed by atoms with E-state index in [1.165, 1.54) is 11.1 Å². The van der Waals surface area contributed by atoms with Gasteiger partial charge in [0.2, 0.25) is 0 Å². The summed E-state index contributed by atoms with van der Waals surface area (Å²) in [6.07, 6.45) is 0.419. The zero-order valence-electron chi connectivity index (χ0n) is 11.5. The predicted octanol–water partition coefficient (Wildman–Crippen LogP) is 3.08. The van der Waals surface area contributed by atoms with Gasteiger partial charge in [0.25, 0.3) is 0 Å². The lowest BCUT2D eigenvalue weighted by Gasteiger charge is -2.13. The van der Waals surface area contributed by atoms with Crippen LogP contribution in [-0.2, 0) is 11.2 Å². The summed E-state index contributed by atoms with van der Waals surface area (Å²) in [5.74, 6) is 0. The monoisotopic (exact) mass is 269 g/mol. The van der Waals surface area contributed by atoms with Crippen LogP contribution < -0.4 is 5.32 Å². The van der Waals surface area contributed by atoms with E-state index in [1.54, 1.807) is 7.11 Å². The van der Waals surface area contributed by atoms with Gasteiger partial charge < -0.3 is 15.2 Å². The molecule has 0 bridgehead atoms. The van der Waals surface area contributed by atoms with E-state index in [-0.39, 0.29) is 0 Å². The fourth-order valence-corrected chi connectivity index (χ4v) is 2.71. The summed E-state index contributed by atoms with van der Waals surface area (Å²) < 4.78 is 5.00. The molecule has 1 heterocycles. The Kier molecular flexibility index (Phi) is 3.72. The van der Waals surface area contributed by atoms with Crippen molar-refractivity contribution in [3.05, 3.63) is 65.2 Å². The maximum atomic E-state index is 9.98. The predicted molar refractivity (Wildman–Crippen MR) is 79.8 cm³/mol. The maximum absolute atomic E-state index is 9.98. The molecule has 20 heavy (non-hydrogen) atoms. The van der Waals surface area contributed by atoms with Gasteiger partial charge in [-0.1, -0.05) is 42.5 Å². The SMILES string of the molecule is COCC(O)c1ccc2c(c1)NC(c1ccccc1)C2. The largest absolute Gasteiger partial charge is 0.386 e. The molecule has 1 aliphatic rings. The lowest BCUT2D eigenvalue weighted by atomic mass is 10.0. The van der Waals surface area contributed by atoms with Crippen LogP contribution >= 0.6 is 0 Å². The van der Waals surface area contributed by atoms with Gasteiger partial charge in [0.1, 0.15) is 6.10 Å². The molecule has 104 valence electrons. The van der Waals surface area contributed by atoms with Gasteiger partial charge in [0.05, 0.1) is 12.6 Å². The van der Waals surface area contributed by atoms with Gasteiger partial charge in [-0.15, -0.1) is 0 Å². The minimum atomic E-state index is -0.567. The molecular weight excluding hydrogens is 250 g/mol. The van der Waals surface area contributed by atoms with Crippen molar-refractivity contribution in [1.82, 2.24) is 0 Å². The van der Waals surface area contributed by atoms with Crippen molar-refractivity contribution in [3.8, 4) is 0 Å². The average Bonchev–Trinajstić information content (AvgIpc) is 2.91. The number of rotatable bonds is 4. The number of aliphatic hydroxyl groups excluding tert-OH is 1. The van der Waals surface area contributed by atoms with Crippen LogP contribution in [0.1, 0.15) is 28.8 Å². The number of hydrogen-bond donors (Lipinski definition) is 2. The number of methoxy groups -OCH3 is 1. The molecular formula is C17H19NO2. The van der Waals surface area contributed by atoms with E-state index < -0.39 is 6.10 Å². The Bertz CT molecular complexity index is 583. The lowest BCUT2D eigenvalue weighted by molar-refractivity contribution is 0.0644. The topological polar surface area (TPSA) is 41.5 Å². The average molecular weight is 269 g/mol. The van der Waals surface area contributed by atoms with Crippen LogP contribution in [0, 0.1) is 0 Å². The standard InChI is InChI=1S/C17H19NO2/c1-20-11-17(19)14-8-7-13-9-15(18-16(13)10-14)12-5-3-2-4-6-12/h2-8,10,15,17-19H,9,11H2,1H3. The Labute approximate surface area is 119 Å². The van der Waals surface area contributed by atoms with E-state index in [2.05, 4.69) is 35.6 Å². The maximum Gasteiger partial charge on any atom is 0.102 e. The second-order valence-corrected chi connectivity index (χ2v) is 5.20. The van der Waals surface area contributed by atoms with Crippen LogP contribution in [0.15, 0.2) is 48.5 Å². The zero-order chi connectivity index (χ0) is 13.9. The summed E-state index contributed by atoms with van der Waals surface area (Å²) in [6.45, 7) is 0.320. The van der Waals surface area contributed by atoms with Crippen molar-refractivity contribution in [2.75, 3.05) is 19.0 Å². The Morgan fingerprint density at radius 2 is 2.05 bits per heavy atom. The highest BCUT2D eigenvalue weighted by atomic mass is 16.5. The van der Waals surface area contributed by atoms with Crippen LogP contribution in [-0.4, -0.2) is 18.8 Å². The van der Waals surface area contributed by atoms with Crippen molar-refractivity contribution in [1.29, 1.82) is 0 Å². The van der Waals surface area contributed by atoms with Crippen LogP contribution in [0.4, 0.5) is 5.69 Å². The summed E-state index contributed by atoms with van der Waals surface area (Å²) in [6, 6.07) is 16.9. The first-order valence-corrected chi connectivity index (χ1v) is 6.89. The number of benzene rings is 2. The number of hydrogen-bond acceptors (Lipinski definition) is 3. The molecule has 0 aromatic heterocycles. The number of fused-ring (bicyclic) bond motifs is 1. The van der Waals surface area contributed by atoms with Crippen LogP contribution in [0.5, 0.6) is 0 Å². The number of aliphatic hydroxyl groups is 1. The van der Waals surface area contributed by atoms with Gasteiger partial charge in [-0.05, 0) is 29.2 Å². The molecule has 2 unspecified atom stereocenters. The normalized spacial score (nSPS) is 18.4. The Morgan fingerprint density at radius 3 is 2.80 bits per heavy atom. The summed E-state index contributed by atoms with van der Waals surface area (Å²) >= 11 is 0. The molecule has 2 atom stereocenters. The Morgan fingerprint density at radius 1 is 1.25 bits per heavy atom. The lowest BCUT2D eigenvalue weighted by Crippen LogP contribution is -2.06. The third-order valence-electron chi connectivity index (χ3n) is 3.80. The van der Waals surface area contributed by atoms with Gasteiger partial charge in [-0.25, -0.2) is 0 Å². The van der Waals surface area contributed by atoms with E-state index in [9.17, 15) is 5.11 Å². The van der Waals surface area contributed by atoms with E-state index in [1.807, 2.05) is 18.2 Å². The van der Waals surface area contributed by atoms with Crippen molar-refractivity contribution in [2.45, 2.75) is 18.6 Å². The van der Waals surface area contributed by atoms with Crippen LogP contribution in [0.25, 0.3) is 0 Å². The van der Waals surface area contributed by atoms with Crippen LogP contribution in [0.2, 0.25) is 0 Å². The fraction of sp³-hybridized carbons (Fsp3) is 0.294. The number of anilines is 1. The first-order valence-electron chi connectivity index (χ1n) is 6.89. The Balaban J connectivity index is 1.80. The number of nitrogens with one attached hydrogen (secondary N) is 1. The van der Waals surface area contributed by atoms with Crippen molar-refractivity contribution in [2.24, 2.45) is 0 Å². The quantitative estimate of drug-likeness (QED) is 0.896. The molecule has 0 aliphatic carbocycles. The molecule has 3 heteroatoms. The third-order valence-corrected chi connectivity index (χ3v) is 3.80. The molecule has 0 saturated carbocycles. The highest BCUT2D eigenvalue weighted by molar-refractivity contribution is 5.60. The summed E-state index contributed by atoms with van der Waals surface area (Å²) in [5, 5.41) is 13.5. The molecule has 3 rings (SSSR count). The van der Waals surface area contributed by atoms with E-state index in [0.29, 0.717) is 12.6 Å². The molecule has 2 aromatic carbocycles. The van der Waals surface area contributed by atoms with Crippen molar-refractivity contribution in [3.63, 3.8) is 0 Å². The van der Waals surface area contributed by atoms with Gasteiger partial charge in [-0.2, -0.15) is 0 Å². The van der Waals surface area contributed by atoms with Gasteiger partial charge in [0.15, 0.2) is 0 Å². The highest BCUT2D eigenvalue weighted by Gasteiger charge is 2.22. The zero-order valence-corrected chi connectivity index (χ0v) is 11.5. The smallest absolute Gasteiger partial charge is 0.102 e. The summed E-state index contributed by atoms with van der Waals surface area (Å²) in [7, 11) is 1.60. The van der Waals surface area contributed by atoms with Crippen molar-refractivity contribution < 1.29 is 9.84 Å². The summed E-state index contributed by atoms with van der Waals surface area (Å²) in [4.78, 5) is 0. The molecule has 2 N–H and O–H groups in total. The fourth-order valence-electron chi connectivity index (χ4n) is 2.71. The minimum Gasteiger partial charge on any atom is -0.386 e. The summed E-state index contributed by atoms with van der Waals surface area (Å²) in [5.41, 5.74) is 4.60. The van der Waals surface area contributed by atoms with Gasteiger partial charge in [-0.3, -0.25) is 0 Å². The van der Waals surface area contributed by atoms with Crippen molar-refractivity contribution >= 4 is 5.69 Å². The number of ether oxygens (including phenoxy) is 1. The molecule has 0 radical (unpaired) electrons. The molecule has 2 aromatic rings. The van der Waals surface area contributed by atoms with Gasteiger partial charge >= 0.3 is 0 Å². The van der Waals surface area contributed by atoms with E-state index in [4.69, 9.17) is 4.74 Å². The second kappa shape index (κ2) is 5.65. The molecule has 0 amide bonds. The Hall–Kier alpha value is -1.84. The van der Waals surface area contributed by atoms with Crippen LogP contribution in [0.3, 0.4) is 0 Å². The first-order chi connectivity index (χ1) is 9.78. The minimum absolute atomic E-state index is 0.320. The molecule has 0 fully saturated rings. The molecule has 3 nitrogen and oxygen atoms in total. The van der Waals surface area contributed by atoms with E-state index in [0.717, 1.165) is 17.7 Å². The molecule has 1 aliphatic heterocycles. The van der Waals surface area contributed by atoms with Gasteiger partial charge in [0, 0.05) is 12.8 Å². The molecule has 0 spiro atoms. The molecule has 0 saturated heterocycles. The highest BCUT2D eigenvalue weighted by Crippen LogP contribution is 2.35.